The molecule has 0 aliphatic rings. The van der Waals surface area contributed by atoms with Gasteiger partial charge in [0, 0.05) is 11.5 Å². The Kier molecular flexibility index (Phi) is 10.5. The summed E-state index contributed by atoms with van der Waals surface area (Å²) in [6, 6.07) is 4.72. The molecule has 0 unspecified atom stereocenters. The lowest BCUT2D eigenvalue weighted by molar-refractivity contribution is -0.129. The van der Waals surface area contributed by atoms with Crippen molar-refractivity contribution in [3.63, 3.8) is 0 Å². The van der Waals surface area contributed by atoms with E-state index in [0.29, 0.717) is 37.3 Å². The number of thioether (sulfide) groups is 2. The number of carbonyl (C=O) groups is 4. The molecule has 0 N–H and O–H groups in total. The van der Waals surface area contributed by atoms with Crippen LogP contribution in [0.25, 0.3) is 0 Å². The van der Waals surface area contributed by atoms with Crippen molar-refractivity contribution in [1.82, 2.24) is 4.98 Å². The zero-order valence-electron chi connectivity index (χ0n) is 12.8. The van der Waals surface area contributed by atoms with Gasteiger partial charge in [-0.3, -0.25) is 19.2 Å². The van der Waals surface area contributed by atoms with Gasteiger partial charge in [0.1, 0.15) is 11.4 Å². The van der Waals surface area contributed by atoms with Crippen LogP contribution in [0.4, 0.5) is 0 Å². The molecule has 7 nitrogen and oxygen atoms in total. The van der Waals surface area contributed by atoms with Gasteiger partial charge in [0.2, 0.25) is 10.2 Å². The maximum Gasteiger partial charge on any atom is 0.293 e. The van der Waals surface area contributed by atoms with Crippen LogP contribution >= 0.6 is 23.5 Å². The van der Waals surface area contributed by atoms with Gasteiger partial charge in [-0.1, -0.05) is 29.6 Å². The number of aromatic nitrogens is 1. The van der Waals surface area contributed by atoms with Crippen LogP contribution in [0.2, 0.25) is 0 Å². The van der Waals surface area contributed by atoms with Crippen LogP contribution in [-0.2, 0) is 19.1 Å². The van der Waals surface area contributed by atoms with E-state index in [1.54, 1.807) is 18.2 Å². The Bertz CT molecular complexity index is 521. The zero-order valence-corrected chi connectivity index (χ0v) is 14.5. The molecule has 0 aromatic carbocycles. The van der Waals surface area contributed by atoms with E-state index >= 15 is 0 Å². The van der Waals surface area contributed by atoms with Crippen LogP contribution in [0.5, 0.6) is 0 Å². The smallest absolute Gasteiger partial charge is 0.293 e. The van der Waals surface area contributed by atoms with Crippen molar-refractivity contribution in [3.05, 3.63) is 29.6 Å². The summed E-state index contributed by atoms with van der Waals surface area (Å²) >= 11 is 2.12. The third kappa shape index (κ3) is 8.11. The first-order chi connectivity index (χ1) is 11.7. The first-order valence-electron chi connectivity index (χ1n) is 7.11. The topological polar surface area (TPSA) is 99.6 Å². The average Bonchev–Trinajstić information content (AvgIpc) is 2.61. The Morgan fingerprint density at radius 2 is 1.38 bits per heavy atom. The fourth-order valence-electron chi connectivity index (χ4n) is 1.52. The minimum atomic E-state index is -0.236. The van der Waals surface area contributed by atoms with Gasteiger partial charge in [-0.15, -0.1) is 0 Å². The minimum Gasteiger partial charge on any atom is -0.468 e. The second-order valence-corrected chi connectivity index (χ2v) is 6.46. The lowest BCUT2D eigenvalue weighted by atomic mass is 10.3. The second kappa shape index (κ2) is 12.5. The van der Waals surface area contributed by atoms with E-state index in [4.69, 9.17) is 0 Å². The molecule has 24 heavy (non-hydrogen) atoms. The largest absolute Gasteiger partial charge is 0.468 e. The second-order valence-electron chi connectivity index (χ2n) is 4.32. The lowest BCUT2D eigenvalue weighted by Crippen LogP contribution is -2.06. The third-order valence-electron chi connectivity index (χ3n) is 2.58. The van der Waals surface area contributed by atoms with Crippen molar-refractivity contribution >= 4 is 46.7 Å². The third-order valence-corrected chi connectivity index (χ3v) is 4.51. The van der Waals surface area contributed by atoms with Crippen molar-refractivity contribution in [2.45, 2.75) is 12.8 Å². The van der Waals surface area contributed by atoms with E-state index in [0.717, 1.165) is 23.5 Å². The molecule has 1 aromatic heterocycles. The van der Waals surface area contributed by atoms with Gasteiger partial charge in [-0.05, 0) is 25.0 Å². The number of hydrogen-bond donors (Lipinski definition) is 0. The summed E-state index contributed by atoms with van der Waals surface area (Å²) in [6.07, 6.45) is 1.12. The van der Waals surface area contributed by atoms with Crippen LogP contribution in [0.3, 0.4) is 0 Å². The highest BCUT2D eigenvalue weighted by Gasteiger charge is 2.13. The van der Waals surface area contributed by atoms with Crippen molar-refractivity contribution in [3.8, 4) is 0 Å². The van der Waals surface area contributed by atoms with Crippen molar-refractivity contribution < 1.29 is 28.7 Å². The van der Waals surface area contributed by atoms with Crippen LogP contribution in [0, 0.1) is 0 Å². The zero-order chi connectivity index (χ0) is 17.6. The number of rotatable bonds is 12. The molecule has 1 heterocycles. The van der Waals surface area contributed by atoms with Crippen LogP contribution < -0.4 is 0 Å². The SMILES string of the molecule is O=COCCCSC(=O)c1cccc(C(=O)SCCCOC=O)n1. The fourth-order valence-corrected chi connectivity index (χ4v) is 2.94. The Balaban J connectivity index is 2.43. The maximum atomic E-state index is 12.0. The van der Waals surface area contributed by atoms with Crippen LogP contribution in [0.1, 0.15) is 33.8 Å². The summed E-state index contributed by atoms with van der Waals surface area (Å²) in [5.74, 6) is 0.996. The molecule has 0 atom stereocenters. The molecule has 0 spiro atoms. The quantitative estimate of drug-likeness (QED) is 0.403. The highest BCUT2D eigenvalue weighted by Crippen LogP contribution is 2.16. The monoisotopic (exact) mass is 371 g/mol. The molecule has 0 saturated heterocycles. The molecule has 0 aliphatic heterocycles. The summed E-state index contributed by atoms with van der Waals surface area (Å²) < 4.78 is 9.07. The molecule has 1 aromatic rings. The molecule has 0 aliphatic carbocycles. The summed E-state index contributed by atoms with van der Waals surface area (Å²) in [5, 5.41) is -0.472. The summed E-state index contributed by atoms with van der Waals surface area (Å²) in [6.45, 7) is 1.26. The number of pyridine rings is 1. The van der Waals surface area contributed by atoms with Gasteiger partial charge in [0.05, 0.1) is 13.2 Å². The molecule has 0 amide bonds. The van der Waals surface area contributed by atoms with E-state index in [-0.39, 0.29) is 34.8 Å². The van der Waals surface area contributed by atoms with E-state index in [9.17, 15) is 19.2 Å². The first-order valence-corrected chi connectivity index (χ1v) is 9.08. The van der Waals surface area contributed by atoms with E-state index < -0.39 is 0 Å². The predicted molar refractivity (Wildman–Crippen MR) is 91.1 cm³/mol. The molecule has 130 valence electrons. The molecule has 9 heteroatoms. The molecule has 1 rings (SSSR count). The minimum absolute atomic E-state index is 0.215. The summed E-state index contributed by atoms with van der Waals surface area (Å²) in [7, 11) is 0. The van der Waals surface area contributed by atoms with Gasteiger partial charge in [0.15, 0.2) is 0 Å². The molecule has 0 bridgehead atoms. The van der Waals surface area contributed by atoms with Crippen LogP contribution in [-0.4, -0.2) is 52.9 Å². The molecule has 0 radical (unpaired) electrons. The number of hydrogen-bond acceptors (Lipinski definition) is 9. The normalized spacial score (nSPS) is 10.0. The summed E-state index contributed by atoms with van der Waals surface area (Å²) in [5.41, 5.74) is 0.430. The average molecular weight is 371 g/mol. The fraction of sp³-hybridized carbons (Fsp3) is 0.400. The number of carbonyl (C=O) groups excluding carboxylic acids is 4. The molecular formula is C15H17NO6S2. The van der Waals surface area contributed by atoms with Gasteiger partial charge in [-0.2, -0.15) is 0 Å². The van der Waals surface area contributed by atoms with Gasteiger partial charge >= 0.3 is 0 Å². The van der Waals surface area contributed by atoms with Gasteiger partial charge < -0.3 is 9.47 Å². The number of ether oxygens (including phenoxy) is 2. The Morgan fingerprint density at radius 1 is 0.917 bits per heavy atom. The molecule has 0 saturated carbocycles. The van der Waals surface area contributed by atoms with E-state index in [2.05, 4.69) is 14.5 Å². The maximum absolute atomic E-state index is 12.0. The standard InChI is InChI=1S/C15H17NO6S2/c17-10-21-6-2-8-23-14(19)12-4-1-5-13(16-12)15(20)24-9-3-7-22-11-18/h1,4-5,10-11H,2-3,6-9H2. The van der Waals surface area contributed by atoms with Gasteiger partial charge in [-0.25, -0.2) is 4.98 Å². The highest BCUT2D eigenvalue weighted by molar-refractivity contribution is 8.14. The van der Waals surface area contributed by atoms with Crippen LogP contribution in [0.15, 0.2) is 18.2 Å². The Hall–Kier alpha value is -1.87. The van der Waals surface area contributed by atoms with E-state index in [1.165, 1.54) is 0 Å². The lowest BCUT2D eigenvalue weighted by Gasteiger charge is -2.03. The number of nitrogens with zero attached hydrogens (tertiary/aromatic N) is 1. The highest BCUT2D eigenvalue weighted by atomic mass is 32.2. The van der Waals surface area contributed by atoms with Crippen molar-refractivity contribution in [2.24, 2.45) is 0 Å². The molecular weight excluding hydrogens is 354 g/mol. The predicted octanol–water partition coefficient (Wildman–Crippen LogP) is 1.95. The van der Waals surface area contributed by atoms with Gasteiger partial charge in [0.25, 0.3) is 12.9 Å². The van der Waals surface area contributed by atoms with Crippen molar-refractivity contribution in [2.75, 3.05) is 24.7 Å². The Labute approximate surface area is 147 Å². The first kappa shape index (κ1) is 20.2. The van der Waals surface area contributed by atoms with E-state index in [1.807, 2.05) is 0 Å². The summed E-state index contributed by atoms with van der Waals surface area (Å²) in [4.78, 5) is 48.1. The molecule has 0 fully saturated rings. The van der Waals surface area contributed by atoms with Crippen molar-refractivity contribution in [1.29, 1.82) is 0 Å². The Morgan fingerprint density at radius 3 is 1.79 bits per heavy atom.